The number of ether oxygens (including phenoxy) is 3. The van der Waals surface area contributed by atoms with E-state index in [0.29, 0.717) is 23.4 Å². The fraction of sp³-hybridized carbons (Fsp3) is 0.348. The summed E-state index contributed by atoms with van der Waals surface area (Å²) in [6.45, 7) is 2.01. The topological polar surface area (TPSA) is 94.2 Å². The second-order valence-corrected chi connectivity index (χ2v) is 7.38. The third-order valence-electron chi connectivity index (χ3n) is 5.73. The van der Waals surface area contributed by atoms with Gasteiger partial charge in [-0.2, -0.15) is 0 Å². The quantitative estimate of drug-likeness (QED) is 0.717. The molecule has 1 fully saturated rings. The fourth-order valence-corrected chi connectivity index (χ4v) is 4.21. The Bertz CT molecular complexity index is 1050. The molecular formula is C23H24N2O6. The number of carbonyl (C=O) groups excluding carboxylic acids is 3. The van der Waals surface area contributed by atoms with E-state index in [4.69, 9.17) is 14.2 Å². The summed E-state index contributed by atoms with van der Waals surface area (Å²) in [5.41, 5.74) is 2.40. The van der Waals surface area contributed by atoms with Crippen LogP contribution in [0.2, 0.25) is 0 Å². The molecule has 2 amide bonds. The molecule has 0 aromatic heterocycles. The number of amides is 2. The monoisotopic (exact) mass is 424 g/mol. The molecule has 0 radical (unpaired) electrons. The van der Waals surface area contributed by atoms with Crippen molar-refractivity contribution in [1.29, 1.82) is 0 Å². The standard InChI is InChI=1S/C23H24N2O6/c1-4-13-7-5-6-8-15(13)24-21(27)16-10-12-18(26)25(16)22-14-9-11-17(29-2)20(30-3)19(14)23(28)31-22/h5-9,11,16,22H,4,10,12H2,1-3H3,(H,24,27)/t16-,22-/m0/s1. The summed E-state index contributed by atoms with van der Waals surface area (Å²) in [6.07, 6.45) is 0.313. The number of nitrogens with zero attached hydrogens (tertiary/aromatic N) is 1. The van der Waals surface area contributed by atoms with Crippen molar-refractivity contribution in [2.24, 2.45) is 0 Å². The van der Waals surface area contributed by atoms with Crippen molar-refractivity contribution in [1.82, 2.24) is 4.90 Å². The molecule has 162 valence electrons. The number of nitrogens with one attached hydrogen (secondary N) is 1. The highest BCUT2D eigenvalue weighted by atomic mass is 16.6. The van der Waals surface area contributed by atoms with Gasteiger partial charge >= 0.3 is 5.97 Å². The van der Waals surface area contributed by atoms with E-state index in [2.05, 4.69) is 5.32 Å². The molecule has 8 heteroatoms. The highest BCUT2D eigenvalue weighted by molar-refractivity contribution is 6.01. The molecule has 8 nitrogen and oxygen atoms in total. The predicted octanol–water partition coefficient (Wildman–Crippen LogP) is 3.06. The maximum atomic E-state index is 13.1. The van der Waals surface area contributed by atoms with Gasteiger partial charge in [-0.1, -0.05) is 25.1 Å². The number of carbonyl (C=O) groups is 3. The molecule has 2 heterocycles. The van der Waals surface area contributed by atoms with Gasteiger partial charge in [-0.15, -0.1) is 0 Å². The molecule has 2 aromatic rings. The lowest BCUT2D eigenvalue weighted by Gasteiger charge is -2.29. The van der Waals surface area contributed by atoms with Crippen LogP contribution < -0.4 is 14.8 Å². The lowest BCUT2D eigenvalue weighted by Crippen LogP contribution is -2.44. The van der Waals surface area contributed by atoms with Crippen LogP contribution in [0.5, 0.6) is 11.5 Å². The number of likely N-dealkylation sites (tertiary alicyclic amines) is 1. The molecular weight excluding hydrogens is 400 g/mol. The summed E-state index contributed by atoms with van der Waals surface area (Å²) < 4.78 is 16.2. The van der Waals surface area contributed by atoms with Crippen LogP contribution in [0.25, 0.3) is 0 Å². The van der Waals surface area contributed by atoms with Crippen LogP contribution in [0, 0.1) is 0 Å². The number of esters is 1. The van der Waals surface area contributed by atoms with Gasteiger partial charge in [0.15, 0.2) is 11.5 Å². The van der Waals surface area contributed by atoms with Gasteiger partial charge in [0.2, 0.25) is 18.0 Å². The van der Waals surface area contributed by atoms with Crippen LogP contribution in [0.3, 0.4) is 0 Å². The van der Waals surface area contributed by atoms with E-state index in [1.165, 1.54) is 19.1 Å². The van der Waals surface area contributed by atoms with Crippen LogP contribution in [-0.2, 0) is 20.7 Å². The predicted molar refractivity (Wildman–Crippen MR) is 112 cm³/mol. The molecule has 0 unspecified atom stereocenters. The Hall–Kier alpha value is -3.55. The smallest absolute Gasteiger partial charge is 0.344 e. The first-order valence-corrected chi connectivity index (χ1v) is 10.2. The molecule has 0 aliphatic carbocycles. The van der Waals surface area contributed by atoms with Gasteiger partial charge in [0, 0.05) is 17.7 Å². The molecule has 4 rings (SSSR count). The Morgan fingerprint density at radius 2 is 1.94 bits per heavy atom. The second kappa shape index (κ2) is 8.29. The molecule has 1 saturated heterocycles. The first-order chi connectivity index (χ1) is 15.0. The number of cyclic esters (lactones) is 1. The van der Waals surface area contributed by atoms with Gasteiger partial charge in [0.05, 0.1) is 14.2 Å². The van der Waals surface area contributed by atoms with E-state index in [1.54, 1.807) is 12.1 Å². The number of hydrogen-bond donors (Lipinski definition) is 1. The molecule has 2 aromatic carbocycles. The van der Waals surface area contributed by atoms with Crippen LogP contribution in [0.4, 0.5) is 5.69 Å². The summed E-state index contributed by atoms with van der Waals surface area (Å²) in [7, 11) is 2.90. The number of aryl methyl sites for hydroxylation is 1. The Labute approximate surface area is 180 Å². The lowest BCUT2D eigenvalue weighted by molar-refractivity contribution is -0.144. The maximum Gasteiger partial charge on any atom is 0.344 e. The minimum absolute atomic E-state index is 0.199. The van der Waals surface area contributed by atoms with Crippen LogP contribution >= 0.6 is 0 Å². The molecule has 0 saturated carbocycles. The Morgan fingerprint density at radius 1 is 1.16 bits per heavy atom. The number of para-hydroxylation sites is 1. The molecule has 2 atom stereocenters. The summed E-state index contributed by atoms with van der Waals surface area (Å²) >= 11 is 0. The third-order valence-corrected chi connectivity index (χ3v) is 5.73. The Kier molecular flexibility index (Phi) is 5.54. The summed E-state index contributed by atoms with van der Waals surface area (Å²) in [4.78, 5) is 39.9. The van der Waals surface area contributed by atoms with E-state index < -0.39 is 18.2 Å². The van der Waals surface area contributed by atoms with Gasteiger partial charge in [-0.25, -0.2) is 4.79 Å². The zero-order chi connectivity index (χ0) is 22.1. The number of rotatable bonds is 6. The second-order valence-electron chi connectivity index (χ2n) is 7.38. The number of methoxy groups -OCH3 is 2. The number of anilines is 1. The van der Waals surface area contributed by atoms with Crippen molar-refractivity contribution in [3.8, 4) is 11.5 Å². The van der Waals surface area contributed by atoms with E-state index >= 15 is 0 Å². The lowest BCUT2D eigenvalue weighted by atomic mass is 10.0. The van der Waals surface area contributed by atoms with Crippen molar-refractivity contribution < 1.29 is 28.6 Å². The van der Waals surface area contributed by atoms with Crippen LogP contribution in [0.15, 0.2) is 36.4 Å². The largest absolute Gasteiger partial charge is 0.493 e. The van der Waals surface area contributed by atoms with Crippen LogP contribution in [0.1, 0.15) is 47.5 Å². The molecule has 0 bridgehead atoms. The van der Waals surface area contributed by atoms with E-state index in [1.807, 2.05) is 31.2 Å². The highest BCUT2D eigenvalue weighted by Crippen LogP contribution is 2.45. The zero-order valence-electron chi connectivity index (χ0n) is 17.6. The minimum Gasteiger partial charge on any atom is -0.493 e. The number of hydrogen-bond acceptors (Lipinski definition) is 6. The molecule has 1 N–H and O–H groups in total. The molecule has 31 heavy (non-hydrogen) atoms. The van der Waals surface area contributed by atoms with Gasteiger partial charge in [0.25, 0.3) is 0 Å². The number of benzene rings is 2. The van der Waals surface area contributed by atoms with Gasteiger partial charge in [0.1, 0.15) is 11.6 Å². The fourth-order valence-electron chi connectivity index (χ4n) is 4.21. The van der Waals surface area contributed by atoms with Crippen molar-refractivity contribution in [2.45, 2.75) is 38.5 Å². The SMILES string of the molecule is CCc1ccccc1NC(=O)[C@@H]1CCC(=O)N1[C@H]1OC(=O)c2c1ccc(OC)c2OC. The normalized spacial score (nSPS) is 19.8. The van der Waals surface area contributed by atoms with E-state index in [9.17, 15) is 14.4 Å². The average Bonchev–Trinajstić information content (AvgIpc) is 3.32. The van der Waals surface area contributed by atoms with Crippen molar-refractivity contribution in [3.63, 3.8) is 0 Å². The van der Waals surface area contributed by atoms with Gasteiger partial charge in [-0.3, -0.25) is 14.5 Å². The minimum atomic E-state index is -0.991. The molecule has 0 spiro atoms. The van der Waals surface area contributed by atoms with E-state index in [-0.39, 0.29) is 29.5 Å². The zero-order valence-corrected chi connectivity index (χ0v) is 17.6. The van der Waals surface area contributed by atoms with E-state index in [0.717, 1.165) is 12.0 Å². The Balaban J connectivity index is 1.66. The molecule has 2 aliphatic heterocycles. The summed E-state index contributed by atoms with van der Waals surface area (Å²) in [5, 5.41) is 2.94. The van der Waals surface area contributed by atoms with Crippen molar-refractivity contribution in [3.05, 3.63) is 53.1 Å². The average molecular weight is 424 g/mol. The first-order valence-electron chi connectivity index (χ1n) is 10.2. The summed E-state index contributed by atoms with van der Waals surface area (Å²) in [5.74, 6) is -0.541. The number of fused-ring (bicyclic) bond motifs is 1. The third kappa shape index (κ3) is 3.48. The highest BCUT2D eigenvalue weighted by Gasteiger charge is 2.47. The van der Waals surface area contributed by atoms with Crippen molar-refractivity contribution >= 4 is 23.5 Å². The Morgan fingerprint density at radius 3 is 2.65 bits per heavy atom. The first kappa shape index (κ1) is 20.7. The molecule has 2 aliphatic rings. The van der Waals surface area contributed by atoms with Gasteiger partial charge in [-0.05, 0) is 36.6 Å². The summed E-state index contributed by atoms with van der Waals surface area (Å²) in [6, 6.07) is 10.1. The maximum absolute atomic E-state index is 13.1. The van der Waals surface area contributed by atoms with Gasteiger partial charge < -0.3 is 19.5 Å². The van der Waals surface area contributed by atoms with Crippen molar-refractivity contribution in [2.75, 3.05) is 19.5 Å². The van der Waals surface area contributed by atoms with Crippen LogP contribution in [-0.4, -0.2) is 42.9 Å².